The van der Waals surface area contributed by atoms with Crippen LogP contribution in [0.4, 0.5) is 4.79 Å². The molecule has 7 nitrogen and oxygen atoms in total. The van der Waals surface area contributed by atoms with Crippen molar-refractivity contribution in [3.8, 4) is 0 Å². The molecule has 0 saturated heterocycles. The zero-order valence-corrected chi connectivity index (χ0v) is 12.9. The maximum atomic E-state index is 11.9. The lowest BCUT2D eigenvalue weighted by Gasteiger charge is -2.28. The second-order valence-electron chi connectivity index (χ2n) is 5.59. The minimum absolute atomic E-state index is 0.147. The summed E-state index contributed by atoms with van der Waals surface area (Å²) >= 11 is 0. The van der Waals surface area contributed by atoms with E-state index in [1.54, 1.807) is 14.0 Å². The van der Waals surface area contributed by atoms with Crippen molar-refractivity contribution in [3.63, 3.8) is 0 Å². The molecule has 0 aromatic heterocycles. The Hall–Kier alpha value is -1.79. The molecular weight excluding hydrogens is 274 g/mol. The smallest absolute Gasteiger partial charge is 0.315 e. The average Bonchev–Trinajstić information content (AvgIpc) is 2.45. The highest BCUT2D eigenvalue weighted by Crippen LogP contribution is 2.24. The van der Waals surface area contributed by atoms with Crippen LogP contribution in [0.3, 0.4) is 0 Å². The minimum Gasteiger partial charge on any atom is -0.481 e. The molecule has 120 valence electrons. The van der Waals surface area contributed by atoms with Gasteiger partial charge in [0.05, 0.1) is 5.92 Å². The van der Waals surface area contributed by atoms with Crippen LogP contribution in [0.15, 0.2) is 0 Å². The maximum absolute atomic E-state index is 11.9. The van der Waals surface area contributed by atoms with E-state index in [0.717, 1.165) is 12.8 Å². The lowest BCUT2D eigenvalue weighted by molar-refractivity contribution is -0.143. The number of urea groups is 1. The molecular formula is C14H25N3O4. The van der Waals surface area contributed by atoms with Gasteiger partial charge in [0, 0.05) is 19.6 Å². The summed E-state index contributed by atoms with van der Waals surface area (Å²) in [4.78, 5) is 36.2. The van der Waals surface area contributed by atoms with Crippen LogP contribution < -0.4 is 10.6 Å². The standard InChI is InChI=1S/C14H25N3O4/c1-4-17(3)12(18)9(2)15-14(21)16-11-7-5-6-10(8-11)13(19)20/h9-11H,4-8H2,1-3H3,(H,19,20)(H2,15,16,21). The summed E-state index contributed by atoms with van der Waals surface area (Å²) in [6.45, 7) is 4.07. The molecule has 3 N–H and O–H groups in total. The first-order valence-electron chi connectivity index (χ1n) is 7.40. The molecule has 21 heavy (non-hydrogen) atoms. The lowest BCUT2D eigenvalue weighted by atomic mass is 9.86. The summed E-state index contributed by atoms with van der Waals surface area (Å²) in [6, 6.07) is -1.17. The van der Waals surface area contributed by atoms with Crippen LogP contribution in [-0.2, 0) is 9.59 Å². The first-order valence-corrected chi connectivity index (χ1v) is 7.40. The van der Waals surface area contributed by atoms with Crippen LogP contribution in [0.1, 0.15) is 39.5 Å². The molecule has 0 aromatic rings. The average molecular weight is 299 g/mol. The van der Waals surface area contributed by atoms with Crippen molar-refractivity contribution in [2.75, 3.05) is 13.6 Å². The van der Waals surface area contributed by atoms with Crippen molar-refractivity contribution >= 4 is 17.9 Å². The summed E-state index contributed by atoms with van der Waals surface area (Å²) in [5.74, 6) is -1.36. The highest BCUT2D eigenvalue weighted by Gasteiger charge is 2.28. The molecule has 0 bridgehead atoms. The fourth-order valence-corrected chi connectivity index (χ4v) is 2.52. The molecule has 7 heteroatoms. The molecule has 3 atom stereocenters. The van der Waals surface area contributed by atoms with E-state index >= 15 is 0 Å². The summed E-state index contributed by atoms with van der Waals surface area (Å²) in [7, 11) is 1.68. The Morgan fingerprint density at radius 1 is 1.33 bits per heavy atom. The van der Waals surface area contributed by atoms with Gasteiger partial charge in [-0.15, -0.1) is 0 Å². The number of hydrogen-bond donors (Lipinski definition) is 3. The zero-order chi connectivity index (χ0) is 16.0. The third-order valence-electron chi connectivity index (χ3n) is 3.93. The molecule has 1 aliphatic rings. The van der Waals surface area contributed by atoms with Gasteiger partial charge in [0.1, 0.15) is 6.04 Å². The number of aliphatic carboxylic acids is 1. The van der Waals surface area contributed by atoms with Gasteiger partial charge in [-0.2, -0.15) is 0 Å². The second-order valence-corrected chi connectivity index (χ2v) is 5.59. The molecule has 0 radical (unpaired) electrons. The molecule has 0 spiro atoms. The van der Waals surface area contributed by atoms with Gasteiger partial charge >= 0.3 is 12.0 Å². The van der Waals surface area contributed by atoms with Crippen molar-refractivity contribution in [3.05, 3.63) is 0 Å². The number of carbonyl (C=O) groups excluding carboxylic acids is 2. The molecule has 1 saturated carbocycles. The number of nitrogens with zero attached hydrogens (tertiary/aromatic N) is 1. The van der Waals surface area contributed by atoms with E-state index in [1.807, 2.05) is 6.92 Å². The Bertz CT molecular complexity index is 400. The van der Waals surface area contributed by atoms with Crippen LogP contribution in [0.2, 0.25) is 0 Å². The van der Waals surface area contributed by atoms with Gasteiger partial charge in [-0.1, -0.05) is 6.42 Å². The summed E-state index contributed by atoms with van der Waals surface area (Å²) in [6.07, 6.45) is 2.66. The Labute approximate surface area is 125 Å². The predicted molar refractivity (Wildman–Crippen MR) is 77.8 cm³/mol. The van der Waals surface area contributed by atoms with Crippen LogP contribution in [0.5, 0.6) is 0 Å². The fourth-order valence-electron chi connectivity index (χ4n) is 2.52. The highest BCUT2D eigenvalue weighted by atomic mass is 16.4. The Morgan fingerprint density at radius 2 is 2.00 bits per heavy atom. The van der Waals surface area contributed by atoms with Gasteiger partial charge < -0.3 is 20.6 Å². The van der Waals surface area contributed by atoms with Crippen molar-refractivity contribution in [2.45, 2.75) is 51.6 Å². The van der Waals surface area contributed by atoms with Crippen LogP contribution >= 0.6 is 0 Å². The van der Waals surface area contributed by atoms with Crippen LogP contribution in [0, 0.1) is 5.92 Å². The number of carboxylic acids is 1. The molecule has 0 heterocycles. The maximum Gasteiger partial charge on any atom is 0.315 e. The molecule has 1 fully saturated rings. The van der Waals surface area contributed by atoms with Crippen LogP contribution in [0.25, 0.3) is 0 Å². The summed E-state index contributed by atoms with van der Waals surface area (Å²) in [5.41, 5.74) is 0. The molecule has 1 aliphatic carbocycles. The predicted octanol–water partition coefficient (Wildman–Crippen LogP) is 0.796. The minimum atomic E-state index is -0.810. The van der Waals surface area contributed by atoms with Gasteiger partial charge in [-0.05, 0) is 33.1 Å². The quantitative estimate of drug-likeness (QED) is 0.699. The Kier molecular flexibility index (Phi) is 6.45. The van der Waals surface area contributed by atoms with Gasteiger partial charge in [-0.3, -0.25) is 9.59 Å². The lowest BCUT2D eigenvalue weighted by Crippen LogP contribution is -2.51. The van der Waals surface area contributed by atoms with Crippen LogP contribution in [-0.4, -0.2) is 53.6 Å². The largest absolute Gasteiger partial charge is 0.481 e. The number of hydrogen-bond acceptors (Lipinski definition) is 3. The monoisotopic (exact) mass is 299 g/mol. The number of carbonyl (C=O) groups is 3. The first kappa shape index (κ1) is 17.3. The zero-order valence-electron chi connectivity index (χ0n) is 12.9. The van der Waals surface area contributed by atoms with Gasteiger partial charge in [-0.25, -0.2) is 4.79 Å². The number of rotatable bonds is 5. The van der Waals surface area contributed by atoms with Gasteiger partial charge in [0.15, 0.2) is 0 Å². The van der Waals surface area contributed by atoms with Crippen molar-refractivity contribution in [1.29, 1.82) is 0 Å². The number of nitrogens with one attached hydrogen (secondary N) is 2. The fraction of sp³-hybridized carbons (Fsp3) is 0.786. The van der Waals surface area contributed by atoms with E-state index in [0.29, 0.717) is 19.4 Å². The topological polar surface area (TPSA) is 98.7 Å². The second kappa shape index (κ2) is 7.85. The van der Waals surface area contributed by atoms with E-state index in [1.165, 1.54) is 4.90 Å². The molecule has 3 unspecified atom stereocenters. The van der Waals surface area contributed by atoms with Crippen molar-refractivity contribution < 1.29 is 19.5 Å². The third-order valence-corrected chi connectivity index (χ3v) is 3.93. The van der Waals surface area contributed by atoms with Gasteiger partial charge in [0.25, 0.3) is 0 Å². The SMILES string of the molecule is CCN(C)C(=O)C(C)NC(=O)NC1CCCC(C(=O)O)C1. The van der Waals surface area contributed by atoms with E-state index in [4.69, 9.17) is 5.11 Å². The summed E-state index contributed by atoms with van der Waals surface area (Å²) < 4.78 is 0. The Morgan fingerprint density at radius 3 is 2.57 bits per heavy atom. The molecule has 0 aromatic carbocycles. The van der Waals surface area contributed by atoms with Crippen molar-refractivity contribution in [2.24, 2.45) is 5.92 Å². The molecule has 3 amide bonds. The van der Waals surface area contributed by atoms with Gasteiger partial charge in [0.2, 0.25) is 5.91 Å². The summed E-state index contributed by atoms with van der Waals surface area (Å²) in [5, 5.41) is 14.4. The van der Waals surface area contributed by atoms with E-state index in [-0.39, 0.29) is 11.9 Å². The number of carboxylic acid groups (broad SMARTS) is 1. The van der Waals surface area contributed by atoms with E-state index in [2.05, 4.69) is 10.6 Å². The molecule has 1 rings (SSSR count). The number of amides is 3. The van der Waals surface area contributed by atoms with E-state index < -0.39 is 24.0 Å². The van der Waals surface area contributed by atoms with Crippen molar-refractivity contribution in [1.82, 2.24) is 15.5 Å². The highest BCUT2D eigenvalue weighted by molar-refractivity contribution is 5.86. The molecule has 0 aliphatic heterocycles. The van der Waals surface area contributed by atoms with E-state index in [9.17, 15) is 14.4 Å². The number of likely N-dealkylation sites (N-methyl/N-ethyl adjacent to an activating group) is 1. The Balaban J connectivity index is 2.43. The normalized spacial score (nSPS) is 23.0. The first-order chi connectivity index (χ1) is 9.85. The third kappa shape index (κ3) is 5.24.